The zero-order valence-electron chi connectivity index (χ0n) is 23.9. The minimum atomic E-state index is 0.733. The predicted molar refractivity (Wildman–Crippen MR) is 170 cm³/mol. The number of aliphatic imine (C=N–C) groups is 2. The van der Waals surface area contributed by atoms with Crippen molar-refractivity contribution in [1.82, 2.24) is 0 Å². The Kier molecular flexibility index (Phi) is 11.3. The van der Waals surface area contributed by atoms with E-state index in [4.69, 9.17) is 0 Å². The van der Waals surface area contributed by atoms with E-state index in [9.17, 15) is 0 Å². The van der Waals surface area contributed by atoms with Gasteiger partial charge in [-0.15, -0.1) is 0 Å². The van der Waals surface area contributed by atoms with Crippen molar-refractivity contribution in [1.29, 1.82) is 0 Å². The van der Waals surface area contributed by atoms with Gasteiger partial charge in [0.25, 0.3) is 0 Å². The topological polar surface area (TPSA) is 36.8 Å². The van der Waals surface area contributed by atoms with Crippen LogP contribution in [0.1, 0.15) is 51.7 Å². The van der Waals surface area contributed by atoms with Crippen LogP contribution in [0, 0.1) is 11.8 Å². The molecule has 0 atom stereocenters. The van der Waals surface area contributed by atoms with Crippen LogP contribution in [-0.4, -0.2) is 18.6 Å². The third kappa shape index (κ3) is 8.83. The van der Waals surface area contributed by atoms with E-state index >= 15 is 0 Å². The highest BCUT2D eigenvalue weighted by atomic mass is 14.9. The highest BCUT2D eigenvalue weighted by Crippen LogP contribution is 2.29. The SMILES string of the molecule is C=C(CCC)C1=CC(C#Cc2ccccc2)=NC(=NC)C1=C(C)C.CCc1ccc(Nc2ccccc2)cc1. The average Bonchev–Trinajstić information content (AvgIpc) is 2.97. The van der Waals surface area contributed by atoms with Crippen LogP contribution in [-0.2, 0) is 6.42 Å². The Morgan fingerprint density at radius 2 is 1.46 bits per heavy atom. The summed E-state index contributed by atoms with van der Waals surface area (Å²) >= 11 is 0. The van der Waals surface area contributed by atoms with Crippen molar-refractivity contribution < 1.29 is 0 Å². The summed E-state index contributed by atoms with van der Waals surface area (Å²) in [4.78, 5) is 9.00. The van der Waals surface area contributed by atoms with Crippen LogP contribution < -0.4 is 5.32 Å². The number of nitrogens with one attached hydrogen (secondary N) is 1. The maximum absolute atomic E-state index is 4.63. The van der Waals surface area contributed by atoms with E-state index in [-0.39, 0.29) is 0 Å². The summed E-state index contributed by atoms with van der Waals surface area (Å²) in [5.74, 6) is 7.07. The molecule has 0 unspecified atom stereocenters. The number of amidine groups is 1. The van der Waals surface area contributed by atoms with Gasteiger partial charge in [0.1, 0.15) is 5.71 Å². The van der Waals surface area contributed by atoms with Crippen molar-refractivity contribution in [2.75, 3.05) is 12.4 Å². The summed E-state index contributed by atoms with van der Waals surface area (Å²) < 4.78 is 0. The number of nitrogens with zero attached hydrogens (tertiary/aromatic N) is 2. The Balaban J connectivity index is 0.000000239. The molecule has 3 nitrogen and oxygen atoms in total. The van der Waals surface area contributed by atoms with E-state index in [0.717, 1.165) is 64.5 Å². The highest BCUT2D eigenvalue weighted by Gasteiger charge is 2.20. The van der Waals surface area contributed by atoms with Crippen LogP contribution in [0.3, 0.4) is 0 Å². The Morgan fingerprint density at radius 3 is 2.03 bits per heavy atom. The van der Waals surface area contributed by atoms with Gasteiger partial charge in [0.15, 0.2) is 5.84 Å². The van der Waals surface area contributed by atoms with E-state index < -0.39 is 0 Å². The second kappa shape index (κ2) is 15.1. The zero-order valence-corrected chi connectivity index (χ0v) is 23.9. The van der Waals surface area contributed by atoms with E-state index in [2.05, 4.69) is 97.8 Å². The number of hydrogen-bond acceptors (Lipinski definition) is 2. The number of anilines is 2. The molecule has 0 saturated carbocycles. The van der Waals surface area contributed by atoms with Gasteiger partial charge >= 0.3 is 0 Å². The van der Waals surface area contributed by atoms with Gasteiger partial charge in [-0.1, -0.05) is 86.9 Å². The summed E-state index contributed by atoms with van der Waals surface area (Å²) in [7, 11) is 1.77. The van der Waals surface area contributed by atoms with Gasteiger partial charge in [0.2, 0.25) is 0 Å². The molecule has 198 valence electrons. The lowest BCUT2D eigenvalue weighted by Crippen LogP contribution is -2.15. The van der Waals surface area contributed by atoms with Gasteiger partial charge in [0, 0.05) is 29.6 Å². The number of benzene rings is 3. The number of rotatable bonds is 6. The van der Waals surface area contributed by atoms with E-state index in [0.29, 0.717) is 0 Å². The van der Waals surface area contributed by atoms with E-state index in [1.165, 1.54) is 11.1 Å². The first-order valence-electron chi connectivity index (χ1n) is 13.6. The fourth-order valence-electron chi connectivity index (χ4n) is 4.14. The van der Waals surface area contributed by atoms with Crippen molar-refractivity contribution >= 4 is 22.9 Å². The van der Waals surface area contributed by atoms with Crippen LogP contribution in [0.4, 0.5) is 11.4 Å². The van der Waals surface area contributed by atoms with Crippen molar-refractivity contribution in [3.05, 3.63) is 131 Å². The predicted octanol–water partition coefficient (Wildman–Crippen LogP) is 9.13. The van der Waals surface area contributed by atoms with Gasteiger partial charge < -0.3 is 5.32 Å². The molecule has 4 rings (SSSR count). The van der Waals surface area contributed by atoms with Crippen LogP contribution in [0.5, 0.6) is 0 Å². The van der Waals surface area contributed by atoms with Gasteiger partial charge in [0.05, 0.1) is 0 Å². The Bertz CT molecular complexity index is 1420. The molecule has 1 N–H and O–H groups in total. The third-order valence-electron chi connectivity index (χ3n) is 6.18. The minimum absolute atomic E-state index is 0.733. The number of dihydropyridines is 1. The standard InChI is InChI=1S/C22H24N2.C14H15N/c1-6-10-17(4)20-15-19(14-13-18-11-8-7-9-12-18)24-22(23-5)21(20)16(2)3;1-2-12-8-10-14(11-9-12)15-13-6-4-3-5-7-13/h7-9,11-12,15H,4,6,10H2,1-3,5H3;3-11,15H,2H2,1H3. The van der Waals surface area contributed by atoms with Crippen LogP contribution in [0.2, 0.25) is 0 Å². The molecule has 0 saturated heterocycles. The molecule has 0 aliphatic carbocycles. The lowest BCUT2D eigenvalue weighted by Gasteiger charge is -2.20. The summed E-state index contributed by atoms with van der Waals surface area (Å²) in [5.41, 5.74) is 9.85. The maximum atomic E-state index is 4.63. The van der Waals surface area contributed by atoms with Crippen molar-refractivity contribution in [2.45, 2.75) is 47.0 Å². The van der Waals surface area contributed by atoms with Crippen LogP contribution in [0.15, 0.2) is 130 Å². The van der Waals surface area contributed by atoms with Crippen molar-refractivity contribution in [3.63, 3.8) is 0 Å². The lowest BCUT2D eigenvalue weighted by molar-refractivity contribution is 0.918. The molecular weight excluding hydrogens is 474 g/mol. The first-order chi connectivity index (χ1) is 18.9. The molecule has 3 aromatic carbocycles. The molecule has 0 fully saturated rings. The number of allylic oxidation sites excluding steroid dienone is 3. The Hall–Kier alpha value is -4.42. The van der Waals surface area contributed by atoms with Crippen LogP contribution in [0.25, 0.3) is 0 Å². The van der Waals surface area contributed by atoms with Gasteiger partial charge in [-0.2, -0.15) is 0 Å². The van der Waals surface area contributed by atoms with Crippen molar-refractivity contribution in [2.24, 2.45) is 9.98 Å². The maximum Gasteiger partial charge on any atom is 0.156 e. The van der Waals surface area contributed by atoms with Gasteiger partial charge in [-0.05, 0) is 91.8 Å². The molecule has 1 heterocycles. The molecule has 0 bridgehead atoms. The molecule has 1 aliphatic rings. The quantitative estimate of drug-likeness (QED) is 0.328. The monoisotopic (exact) mass is 513 g/mol. The Morgan fingerprint density at radius 1 is 0.846 bits per heavy atom. The van der Waals surface area contributed by atoms with Gasteiger partial charge in [-0.3, -0.25) is 4.99 Å². The molecule has 1 aliphatic heterocycles. The molecule has 0 aromatic heterocycles. The highest BCUT2D eigenvalue weighted by molar-refractivity contribution is 6.23. The fraction of sp³-hybridized carbons (Fsp3) is 0.222. The lowest BCUT2D eigenvalue weighted by atomic mass is 9.89. The first-order valence-corrected chi connectivity index (χ1v) is 13.6. The molecular formula is C36H39N3. The van der Waals surface area contributed by atoms with E-state index in [1.54, 1.807) is 7.05 Å². The number of hydrogen-bond donors (Lipinski definition) is 1. The molecule has 3 aromatic rings. The van der Waals surface area contributed by atoms with E-state index in [1.807, 2.05) is 54.6 Å². The first kappa shape index (κ1) is 29.1. The van der Waals surface area contributed by atoms with Crippen molar-refractivity contribution in [3.8, 4) is 11.8 Å². The summed E-state index contributed by atoms with van der Waals surface area (Å²) in [6, 6.07) is 28.7. The molecule has 0 radical (unpaired) electrons. The normalized spacial score (nSPS) is 13.3. The molecule has 39 heavy (non-hydrogen) atoms. The molecule has 3 heteroatoms. The number of aryl methyl sites for hydroxylation is 1. The average molecular weight is 514 g/mol. The second-order valence-corrected chi connectivity index (χ2v) is 9.49. The third-order valence-corrected chi connectivity index (χ3v) is 6.18. The van der Waals surface area contributed by atoms with Gasteiger partial charge in [-0.25, -0.2) is 4.99 Å². The summed E-state index contributed by atoms with van der Waals surface area (Å²) in [5, 5.41) is 3.36. The summed E-state index contributed by atoms with van der Waals surface area (Å²) in [6.45, 7) is 12.8. The molecule has 0 spiro atoms. The fourth-order valence-corrected chi connectivity index (χ4v) is 4.14. The smallest absolute Gasteiger partial charge is 0.156 e. The summed E-state index contributed by atoms with van der Waals surface area (Å²) in [6.07, 6.45) is 5.16. The minimum Gasteiger partial charge on any atom is -0.356 e. The Labute approximate surface area is 234 Å². The number of para-hydroxylation sites is 1. The zero-order chi connectivity index (χ0) is 28.0. The molecule has 0 amide bonds. The second-order valence-electron chi connectivity index (χ2n) is 9.49. The largest absolute Gasteiger partial charge is 0.356 e. The van der Waals surface area contributed by atoms with Crippen LogP contribution >= 0.6 is 0 Å².